The van der Waals surface area contributed by atoms with E-state index in [4.69, 9.17) is 14.0 Å². The van der Waals surface area contributed by atoms with E-state index in [2.05, 4.69) is 26.1 Å². The lowest BCUT2D eigenvalue weighted by atomic mass is 10.1. The van der Waals surface area contributed by atoms with Crippen LogP contribution in [0.2, 0.25) is 0 Å². The van der Waals surface area contributed by atoms with Crippen LogP contribution in [0.15, 0.2) is 22.7 Å². The van der Waals surface area contributed by atoms with E-state index in [9.17, 15) is 9.59 Å². The normalized spacial score (nSPS) is 10.3. The number of rotatable bonds is 8. The number of carbonyl (C=O) groups excluding carboxylic acids is 2. The number of ether oxygens (including phenoxy) is 2. The molecule has 1 heterocycles. The van der Waals surface area contributed by atoms with Crippen molar-refractivity contribution in [2.45, 2.75) is 13.0 Å². The van der Waals surface area contributed by atoms with E-state index < -0.39 is 6.03 Å². The van der Waals surface area contributed by atoms with E-state index in [0.717, 1.165) is 0 Å². The third-order valence-electron chi connectivity index (χ3n) is 3.34. The lowest BCUT2D eigenvalue weighted by Gasteiger charge is -2.11. The fourth-order valence-electron chi connectivity index (χ4n) is 2.14. The first-order valence-corrected chi connectivity index (χ1v) is 7.82. The number of nitrogens with one attached hydrogen (secondary N) is 3. The number of methoxy groups -OCH3 is 2. The van der Waals surface area contributed by atoms with Gasteiger partial charge >= 0.3 is 6.03 Å². The predicted octanol–water partition coefficient (Wildman–Crippen LogP) is 0.948. The van der Waals surface area contributed by atoms with Crippen LogP contribution in [0, 0.1) is 0 Å². The van der Waals surface area contributed by atoms with Gasteiger partial charge in [0.2, 0.25) is 5.89 Å². The van der Waals surface area contributed by atoms with Crippen LogP contribution in [-0.2, 0) is 17.8 Å². The molecule has 0 radical (unpaired) electrons. The molecule has 2 aromatic rings. The summed E-state index contributed by atoms with van der Waals surface area (Å²) in [6.45, 7) is 0.571. The second kappa shape index (κ2) is 9.37. The quantitative estimate of drug-likeness (QED) is 0.637. The first kappa shape index (κ1) is 19.2. The van der Waals surface area contributed by atoms with Crippen molar-refractivity contribution in [3.05, 3.63) is 35.5 Å². The van der Waals surface area contributed by atoms with Crippen molar-refractivity contribution < 1.29 is 23.6 Å². The average molecular weight is 363 g/mol. The predicted molar refractivity (Wildman–Crippen MR) is 92.1 cm³/mol. The summed E-state index contributed by atoms with van der Waals surface area (Å²) in [6.07, 6.45) is 0.385. The SMILES string of the molecule is CNC(=O)c1cc(NC(=O)NCCc2nc(COC)no2)ccc1OC. The Balaban J connectivity index is 1.87. The molecule has 0 fully saturated rings. The van der Waals surface area contributed by atoms with Crippen molar-refractivity contribution in [2.24, 2.45) is 0 Å². The van der Waals surface area contributed by atoms with Crippen molar-refractivity contribution in [2.75, 3.05) is 33.1 Å². The van der Waals surface area contributed by atoms with Crippen molar-refractivity contribution in [3.63, 3.8) is 0 Å². The molecule has 26 heavy (non-hydrogen) atoms. The highest BCUT2D eigenvalue weighted by Crippen LogP contribution is 2.22. The van der Waals surface area contributed by atoms with Gasteiger partial charge in [0.1, 0.15) is 12.4 Å². The summed E-state index contributed by atoms with van der Waals surface area (Å²) in [5.74, 6) is 0.961. The molecule has 0 atom stereocenters. The Morgan fingerprint density at radius 2 is 2.08 bits per heavy atom. The van der Waals surface area contributed by atoms with E-state index in [-0.39, 0.29) is 12.5 Å². The fourth-order valence-corrected chi connectivity index (χ4v) is 2.14. The third kappa shape index (κ3) is 5.18. The molecule has 0 aliphatic carbocycles. The van der Waals surface area contributed by atoms with Crippen LogP contribution in [0.25, 0.3) is 0 Å². The molecule has 3 amide bonds. The van der Waals surface area contributed by atoms with E-state index in [1.165, 1.54) is 27.3 Å². The van der Waals surface area contributed by atoms with Crippen LogP contribution in [0.5, 0.6) is 5.75 Å². The molecule has 0 unspecified atom stereocenters. The van der Waals surface area contributed by atoms with Crippen LogP contribution >= 0.6 is 0 Å². The molecule has 10 heteroatoms. The number of hydrogen-bond acceptors (Lipinski definition) is 7. The first-order valence-electron chi connectivity index (χ1n) is 7.82. The van der Waals surface area contributed by atoms with Crippen LogP contribution in [0.1, 0.15) is 22.1 Å². The van der Waals surface area contributed by atoms with E-state index in [1.807, 2.05) is 0 Å². The van der Waals surface area contributed by atoms with Gasteiger partial charge in [-0.2, -0.15) is 4.98 Å². The highest BCUT2D eigenvalue weighted by atomic mass is 16.5. The van der Waals surface area contributed by atoms with Gasteiger partial charge in [0.25, 0.3) is 5.91 Å². The summed E-state index contributed by atoms with van der Waals surface area (Å²) in [4.78, 5) is 27.9. The van der Waals surface area contributed by atoms with Gasteiger partial charge in [-0.25, -0.2) is 4.79 Å². The molecule has 1 aromatic heterocycles. The van der Waals surface area contributed by atoms with Crippen LogP contribution < -0.4 is 20.7 Å². The second-order valence-corrected chi connectivity index (χ2v) is 5.16. The summed E-state index contributed by atoms with van der Waals surface area (Å²) in [5, 5.41) is 11.6. The molecule has 0 aliphatic heterocycles. The van der Waals surface area contributed by atoms with Crippen LogP contribution in [0.4, 0.5) is 10.5 Å². The Morgan fingerprint density at radius 3 is 2.77 bits per heavy atom. The van der Waals surface area contributed by atoms with Gasteiger partial charge in [0.05, 0.1) is 12.7 Å². The van der Waals surface area contributed by atoms with Gasteiger partial charge in [-0.05, 0) is 18.2 Å². The second-order valence-electron chi connectivity index (χ2n) is 5.16. The van der Waals surface area contributed by atoms with Gasteiger partial charge in [-0.3, -0.25) is 4.79 Å². The summed E-state index contributed by atoms with van der Waals surface area (Å²) in [6, 6.07) is 4.36. The Hall–Kier alpha value is -3.14. The minimum absolute atomic E-state index is 0.266. The molecule has 0 spiro atoms. The average Bonchev–Trinajstić information content (AvgIpc) is 3.08. The highest BCUT2D eigenvalue weighted by Gasteiger charge is 2.13. The minimum Gasteiger partial charge on any atom is -0.496 e. The zero-order valence-electron chi connectivity index (χ0n) is 14.8. The maximum Gasteiger partial charge on any atom is 0.319 e. The number of anilines is 1. The van der Waals surface area contributed by atoms with Gasteiger partial charge < -0.3 is 29.9 Å². The van der Waals surface area contributed by atoms with Crippen molar-refractivity contribution in [3.8, 4) is 5.75 Å². The number of benzene rings is 1. The molecule has 0 aliphatic rings. The maximum absolute atomic E-state index is 12.0. The van der Waals surface area contributed by atoms with Crippen molar-refractivity contribution >= 4 is 17.6 Å². The van der Waals surface area contributed by atoms with Gasteiger partial charge in [0.15, 0.2) is 5.82 Å². The first-order chi connectivity index (χ1) is 12.6. The van der Waals surface area contributed by atoms with Crippen molar-refractivity contribution in [1.82, 2.24) is 20.8 Å². The molecule has 1 aromatic carbocycles. The molecular weight excluding hydrogens is 342 g/mol. The molecule has 10 nitrogen and oxygen atoms in total. The van der Waals surface area contributed by atoms with Crippen LogP contribution in [-0.4, -0.2) is 49.9 Å². The van der Waals surface area contributed by atoms with E-state index in [1.54, 1.807) is 12.1 Å². The van der Waals surface area contributed by atoms with Gasteiger partial charge in [0, 0.05) is 32.8 Å². The van der Waals surface area contributed by atoms with E-state index in [0.29, 0.717) is 41.7 Å². The highest BCUT2D eigenvalue weighted by molar-refractivity contribution is 5.99. The summed E-state index contributed by atoms with van der Waals surface area (Å²) in [7, 11) is 4.53. The lowest BCUT2D eigenvalue weighted by Crippen LogP contribution is -2.30. The standard InChI is InChI=1S/C16H21N5O5/c1-17-15(22)11-8-10(4-5-12(11)25-3)19-16(23)18-7-6-14-20-13(9-24-2)21-26-14/h4-5,8H,6-7,9H2,1-3H3,(H,17,22)(H2,18,19,23). The third-order valence-corrected chi connectivity index (χ3v) is 3.34. The van der Waals surface area contributed by atoms with Gasteiger partial charge in [-0.15, -0.1) is 0 Å². The number of hydrogen-bond donors (Lipinski definition) is 3. The molecule has 0 bridgehead atoms. The largest absolute Gasteiger partial charge is 0.496 e. The van der Waals surface area contributed by atoms with Crippen molar-refractivity contribution in [1.29, 1.82) is 0 Å². The Bertz CT molecular complexity index is 761. The summed E-state index contributed by atoms with van der Waals surface area (Å²) in [5.41, 5.74) is 0.784. The maximum atomic E-state index is 12.0. The zero-order valence-corrected chi connectivity index (χ0v) is 14.8. The molecular formula is C16H21N5O5. The fraction of sp³-hybridized carbons (Fsp3) is 0.375. The van der Waals surface area contributed by atoms with Crippen LogP contribution in [0.3, 0.4) is 0 Å². The number of amides is 3. The number of aromatic nitrogens is 2. The zero-order chi connectivity index (χ0) is 18.9. The Labute approximate surface area is 150 Å². The lowest BCUT2D eigenvalue weighted by molar-refractivity contribution is 0.0960. The van der Waals surface area contributed by atoms with Gasteiger partial charge in [-0.1, -0.05) is 5.16 Å². The molecule has 0 saturated heterocycles. The monoisotopic (exact) mass is 363 g/mol. The summed E-state index contributed by atoms with van der Waals surface area (Å²) < 4.78 is 15.1. The van der Waals surface area contributed by atoms with E-state index >= 15 is 0 Å². The minimum atomic E-state index is -0.422. The Morgan fingerprint density at radius 1 is 1.27 bits per heavy atom. The molecule has 140 valence electrons. The summed E-state index contributed by atoms with van der Waals surface area (Å²) >= 11 is 0. The smallest absolute Gasteiger partial charge is 0.319 e. The number of urea groups is 1. The molecule has 2 rings (SSSR count). The topological polar surface area (TPSA) is 128 Å². The molecule has 3 N–H and O–H groups in total. The Kier molecular flexibility index (Phi) is 6.92. The number of nitrogens with zero attached hydrogens (tertiary/aromatic N) is 2. The number of carbonyl (C=O) groups is 2. The molecule has 0 saturated carbocycles.